The quantitative estimate of drug-likeness (QED) is 0.354. The van der Waals surface area contributed by atoms with Gasteiger partial charge in [-0.05, 0) is 30.7 Å². The van der Waals surface area contributed by atoms with Gasteiger partial charge in [-0.1, -0.05) is 17.7 Å². The van der Waals surface area contributed by atoms with Crippen molar-refractivity contribution >= 4 is 28.5 Å². The molecule has 0 aliphatic heterocycles. The lowest BCUT2D eigenvalue weighted by atomic mass is 10.1. The molecule has 140 valence electrons. The molecule has 0 atom stereocenters. The van der Waals surface area contributed by atoms with Crippen LogP contribution in [0.15, 0.2) is 41.9 Å². The second-order valence-corrected chi connectivity index (χ2v) is 5.73. The molecule has 1 aromatic heterocycles. The Balaban J connectivity index is 2.37. The molecule has 1 heterocycles. The van der Waals surface area contributed by atoms with Crippen LogP contribution in [-0.2, 0) is 16.1 Å². The summed E-state index contributed by atoms with van der Waals surface area (Å²) in [7, 11) is 0. The van der Waals surface area contributed by atoms with Crippen LogP contribution in [0.4, 0.5) is 13.2 Å². The number of allylic oxidation sites excluding steroid dienone is 1. The number of benzene rings is 1. The number of halogens is 4. The van der Waals surface area contributed by atoms with Gasteiger partial charge in [0.2, 0.25) is 0 Å². The summed E-state index contributed by atoms with van der Waals surface area (Å²) in [4.78, 5) is 16.0. The highest BCUT2D eigenvalue weighted by molar-refractivity contribution is 6.31. The summed E-state index contributed by atoms with van der Waals surface area (Å²) in [6.07, 6.45) is -3.45. The molecule has 0 fully saturated rings. The van der Waals surface area contributed by atoms with E-state index in [-0.39, 0.29) is 13.2 Å². The highest BCUT2D eigenvalue weighted by Crippen LogP contribution is 2.26. The van der Waals surface area contributed by atoms with Crippen LogP contribution in [0.5, 0.6) is 0 Å². The van der Waals surface area contributed by atoms with E-state index in [4.69, 9.17) is 23.2 Å². The van der Waals surface area contributed by atoms with E-state index in [1.165, 1.54) is 13.1 Å². The van der Waals surface area contributed by atoms with Crippen molar-refractivity contribution in [2.24, 2.45) is 11.6 Å². The fraction of sp³-hybridized carbons (Fsp3) is 0.250. The summed E-state index contributed by atoms with van der Waals surface area (Å²) < 4.78 is 43.5. The number of carbonyl (C=O) groups is 1. The normalized spacial score (nSPS) is 12.7. The molecule has 0 spiro atoms. The fourth-order valence-electron chi connectivity index (χ4n) is 2.24. The minimum atomic E-state index is -4.93. The van der Waals surface area contributed by atoms with Crippen LogP contribution in [0.2, 0.25) is 5.02 Å². The average molecular weight is 389 g/mol. The van der Waals surface area contributed by atoms with E-state index in [1.54, 1.807) is 24.3 Å². The standard InChI is InChI=1S/C16H16ClF3N4O2/c1-2-26-15(25)13(14(21)16(18,19)20)24(22)8-9-3-4-12-10(5-9)6-11(17)7-23-12/h3-7H,2,8,21-22H2,1H3/b14-13-. The van der Waals surface area contributed by atoms with E-state index in [0.29, 0.717) is 26.5 Å². The first kappa shape index (κ1) is 19.8. The van der Waals surface area contributed by atoms with Crippen molar-refractivity contribution < 1.29 is 22.7 Å². The molecule has 1 aromatic carbocycles. The van der Waals surface area contributed by atoms with E-state index < -0.39 is 23.5 Å². The van der Waals surface area contributed by atoms with E-state index in [0.717, 1.165) is 0 Å². The highest BCUT2D eigenvalue weighted by Gasteiger charge is 2.38. The van der Waals surface area contributed by atoms with Crippen molar-refractivity contribution in [1.82, 2.24) is 9.99 Å². The van der Waals surface area contributed by atoms with Crippen LogP contribution in [0.3, 0.4) is 0 Å². The number of hydrogen-bond donors (Lipinski definition) is 2. The van der Waals surface area contributed by atoms with Gasteiger partial charge in [-0.25, -0.2) is 10.6 Å². The first-order valence-electron chi connectivity index (χ1n) is 7.44. The molecule has 26 heavy (non-hydrogen) atoms. The molecular formula is C16H16ClF3N4O2. The number of rotatable bonds is 5. The molecule has 0 saturated carbocycles. The third kappa shape index (κ3) is 4.55. The Kier molecular flexibility index (Phi) is 5.94. The summed E-state index contributed by atoms with van der Waals surface area (Å²) in [6, 6.07) is 6.59. The molecular weight excluding hydrogens is 373 g/mol. The van der Waals surface area contributed by atoms with Crippen molar-refractivity contribution in [2.45, 2.75) is 19.6 Å². The number of nitrogens with two attached hydrogens (primary N) is 2. The Bertz CT molecular complexity index is 855. The van der Waals surface area contributed by atoms with Crippen molar-refractivity contribution in [2.75, 3.05) is 6.61 Å². The van der Waals surface area contributed by atoms with Crippen LogP contribution >= 0.6 is 11.6 Å². The molecule has 0 bridgehead atoms. The van der Waals surface area contributed by atoms with Crippen molar-refractivity contribution in [1.29, 1.82) is 0 Å². The summed E-state index contributed by atoms with van der Waals surface area (Å²) in [5.74, 6) is 4.45. The van der Waals surface area contributed by atoms with Gasteiger partial charge in [0, 0.05) is 11.6 Å². The van der Waals surface area contributed by atoms with Gasteiger partial charge in [0.15, 0.2) is 5.70 Å². The van der Waals surface area contributed by atoms with Gasteiger partial charge in [0.1, 0.15) is 5.70 Å². The van der Waals surface area contributed by atoms with Gasteiger partial charge in [-0.2, -0.15) is 13.2 Å². The van der Waals surface area contributed by atoms with Gasteiger partial charge >= 0.3 is 12.1 Å². The number of aromatic nitrogens is 1. The zero-order valence-corrected chi connectivity index (χ0v) is 14.4. The minimum absolute atomic E-state index is 0.124. The van der Waals surface area contributed by atoms with Gasteiger partial charge in [0.05, 0.1) is 23.7 Å². The zero-order chi connectivity index (χ0) is 19.5. The summed E-state index contributed by atoms with van der Waals surface area (Å²) in [6.45, 7) is 1.12. The topological polar surface area (TPSA) is 94.5 Å². The highest BCUT2D eigenvalue weighted by atomic mass is 35.5. The fourth-order valence-corrected chi connectivity index (χ4v) is 2.41. The number of pyridine rings is 1. The molecule has 0 aliphatic carbocycles. The second-order valence-electron chi connectivity index (χ2n) is 5.29. The van der Waals surface area contributed by atoms with E-state index >= 15 is 0 Å². The number of hydrogen-bond acceptors (Lipinski definition) is 6. The molecule has 4 N–H and O–H groups in total. The third-order valence-electron chi connectivity index (χ3n) is 3.38. The van der Waals surface area contributed by atoms with E-state index in [2.05, 4.69) is 9.72 Å². The second kappa shape index (κ2) is 7.79. The molecule has 0 amide bonds. The monoisotopic (exact) mass is 388 g/mol. The Labute approximate surface area is 152 Å². The number of carbonyl (C=O) groups excluding carboxylic acids is 1. The molecule has 0 radical (unpaired) electrons. The average Bonchev–Trinajstić information content (AvgIpc) is 2.54. The predicted molar refractivity (Wildman–Crippen MR) is 90.4 cm³/mol. The van der Waals surface area contributed by atoms with Crippen molar-refractivity contribution in [3.05, 3.63) is 52.4 Å². The Morgan fingerprint density at radius 1 is 1.35 bits per heavy atom. The van der Waals surface area contributed by atoms with Crippen LogP contribution in [0, 0.1) is 0 Å². The summed E-state index contributed by atoms with van der Waals surface area (Å²) >= 11 is 5.89. The van der Waals surface area contributed by atoms with E-state index in [9.17, 15) is 18.0 Å². The van der Waals surface area contributed by atoms with Crippen LogP contribution in [0.25, 0.3) is 10.9 Å². The van der Waals surface area contributed by atoms with Gasteiger partial charge in [-0.3, -0.25) is 9.99 Å². The first-order chi connectivity index (χ1) is 12.1. The Morgan fingerprint density at radius 3 is 2.65 bits per heavy atom. The number of ether oxygens (including phenoxy) is 1. The zero-order valence-electron chi connectivity index (χ0n) is 13.7. The number of esters is 1. The number of nitrogens with zero attached hydrogens (tertiary/aromatic N) is 2. The molecule has 0 unspecified atom stereocenters. The summed E-state index contributed by atoms with van der Waals surface area (Å²) in [5.41, 5.74) is 3.70. The number of fused-ring (bicyclic) bond motifs is 1. The lowest BCUT2D eigenvalue weighted by Gasteiger charge is -2.23. The van der Waals surface area contributed by atoms with Crippen molar-refractivity contribution in [3.63, 3.8) is 0 Å². The Morgan fingerprint density at radius 2 is 2.04 bits per heavy atom. The first-order valence-corrected chi connectivity index (χ1v) is 7.81. The van der Waals surface area contributed by atoms with Gasteiger partial charge in [0.25, 0.3) is 0 Å². The lowest BCUT2D eigenvalue weighted by molar-refractivity contribution is -0.142. The van der Waals surface area contributed by atoms with Gasteiger partial charge in [-0.15, -0.1) is 0 Å². The van der Waals surface area contributed by atoms with Crippen LogP contribution < -0.4 is 11.6 Å². The van der Waals surface area contributed by atoms with Crippen LogP contribution in [0.1, 0.15) is 12.5 Å². The maximum absolute atomic E-state index is 13.0. The molecule has 6 nitrogen and oxygen atoms in total. The smallest absolute Gasteiger partial charge is 0.433 e. The molecule has 2 rings (SSSR count). The molecule has 10 heteroatoms. The molecule has 2 aromatic rings. The number of hydrazine groups is 1. The predicted octanol–water partition coefficient (Wildman–Crippen LogP) is 2.86. The summed E-state index contributed by atoms with van der Waals surface area (Å²) in [5, 5.41) is 1.70. The van der Waals surface area contributed by atoms with Crippen molar-refractivity contribution in [3.8, 4) is 0 Å². The maximum Gasteiger partial charge on any atom is 0.433 e. The minimum Gasteiger partial charge on any atom is -0.461 e. The van der Waals surface area contributed by atoms with Gasteiger partial charge < -0.3 is 10.5 Å². The lowest BCUT2D eigenvalue weighted by Crippen LogP contribution is -2.39. The van der Waals surface area contributed by atoms with E-state index in [1.807, 2.05) is 0 Å². The van der Waals surface area contributed by atoms with Crippen LogP contribution in [-0.4, -0.2) is 28.7 Å². The third-order valence-corrected chi connectivity index (χ3v) is 3.59. The SMILES string of the molecule is CCOC(=O)/C(=C(/N)C(F)(F)F)N(N)Cc1ccc2ncc(Cl)cc2c1. The molecule has 0 aliphatic rings. The Hall–Kier alpha value is -2.52. The number of alkyl halides is 3. The largest absolute Gasteiger partial charge is 0.461 e. The molecule has 0 saturated heterocycles. The maximum atomic E-state index is 13.0.